The zero-order valence-electron chi connectivity index (χ0n) is 26.6. The number of fused-ring (bicyclic) bond motifs is 2. The maximum absolute atomic E-state index is 13.2. The van der Waals surface area contributed by atoms with E-state index in [0.29, 0.717) is 46.3 Å². The van der Waals surface area contributed by atoms with Crippen LogP contribution in [0.2, 0.25) is 0 Å². The van der Waals surface area contributed by atoms with Gasteiger partial charge in [0.25, 0.3) is 0 Å². The van der Waals surface area contributed by atoms with Gasteiger partial charge in [-0.3, -0.25) is 9.59 Å². The van der Waals surface area contributed by atoms with E-state index in [0.717, 1.165) is 68.7 Å². The Labute approximate surface area is 268 Å². The maximum atomic E-state index is 13.2. The topological polar surface area (TPSA) is 149 Å². The van der Waals surface area contributed by atoms with Crippen molar-refractivity contribution in [1.82, 2.24) is 29.5 Å². The molecule has 240 valence electrons. The number of hydrogen-bond donors (Lipinski definition) is 2. The van der Waals surface area contributed by atoms with Crippen molar-refractivity contribution in [2.24, 2.45) is 5.73 Å². The van der Waals surface area contributed by atoms with Gasteiger partial charge >= 0.3 is 0 Å². The third-order valence-corrected chi connectivity index (χ3v) is 10.5. The quantitative estimate of drug-likeness (QED) is 0.330. The Morgan fingerprint density at radius 1 is 0.978 bits per heavy atom. The van der Waals surface area contributed by atoms with Crippen LogP contribution >= 0.6 is 0 Å². The van der Waals surface area contributed by atoms with Gasteiger partial charge in [0.05, 0.1) is 18.5 Å². The molecule has 0 bridgehead atoms. The smallest absolute Gasteiger partial charge is 0.248 e. The lowest BCUT2D eigenvalue weighted by atomic mass is 9.84. The molecule has 0 spiro atoms. The van der Waals surface area contributed by atoms with Crippen molar-refractivity contribution in [3.05, 3.63) is 59.9 Å². The number of benzene rings is 2. The molecule has 12 nitrogen and oxygen atoms in total. The molecule has 0 radical (unpaired) electrons. The van der Waals surface area contributed by atoms with Crippen LogP contribution in [0, 0.1) is 0 Å². The zero-order chi connectivity index (χ0) is 32.2. The highest BCUT2D eigenvalue weighted by atomic mass is 16.5. The second-order valence-electron chi connectivity index (χ2n) is 12.8. The molecule has 2 aromatic heterocycles. The number of carbonyl (C=O) groups is 2. The highest BCUT2D eigenvalue weighted by Crippen LogP contribution is 2.48. The molecule has 2 aromatic carbocycles. The largest absolute Gasteiger partial charge is 0.496 e. The molecule has 5 heterocycles. The fraction of sp³-hybridized carbons (Fsp3) is 0.441. The summed E-state index contributed by atoms with van der Waals surface area (Å²) < 4.78 is 7.96. The number of likely N-dealkylation sites (tertiary alicyclic amines) is 2. The highest BCUT2D eigenvalue weighted by Gasteiger charge is 2.50. The average molecular weight is 624 g/mol. The summed E-state index contributed by atoms with van der Waals surface area (Å²) in [4.78, 5) is 40.5. The van der Waals surface area contributed by atoms with E-state index in [1.54, 1.807) is 14.0 Å². The Morgan fingerprint density at radius 3 is 2.37 bits per heavy atom. The number of aromatic nitrogens is 4. The van der Waals surface area contributed by atoms with Gasteiger partial charge in [-0.25, -0.2) is 14.6 Å². The van der Waals surface area contributed by atoms with Gasteiger partial charge in [0.2, 0.25) is 11.8 Å². The molecule has 2 fully saturated rings. The fourth-order valence-corrected chi connectivity index (χ4v) is 7.92. The van der Waals surface area contributed by atoms with Gasteiger partial charge < -0.3 is 30.9 Å². The lowest BCUT2D eigenvalue weighted by Crippen LogP contribution is -2.52. The van der Waals surface area contributed by atoms with E-state index in [9.17, 15) is 9.59 Å². The van der Waals surface area contributed by atoms with Crippen LogP contribution in [0.15, 0.2) is 48.8 Å². The molecule has 1 unspecified atom stereocenters. The second kappa shape index (κ2) is 11.6. The van der Waals surface area contributed by atoms with Crippen molar-refractivity contribution in [3.8, 4) is 17.0 Å². The standard InChI is InChI=1S/C34H41N9O3/c1-21(44)41-14-10-24(11-15-41)42-16-12-25(13-17-42)43-32-29(31(35)37-20-38-32)30(39-43)22-8-9-26(28(18-22)46-3)34(33(36)45)19-23-6-4-5-7-27(23)40(34)2/h4-9,18,20,24-25H,10-17,19H2,1-3H3,(H2,36,45)(H2,35,37,38). The summed E-state index contributed by atoms with van der Waals surface area (Å²) in [5.41, 5.74) is 16.4. The number of nitrogen functional groups attached to an aromatic ring is 1. The number of ether oxygens (including phenoxy) is 1. The van der Waals surface area contributed by atoms with Crippen LogP contribution in [0.5, 0.6) is 5.75 Å². The van der Waals surface area contributed by atoms with E-state index < -0.39 is 11.4 Å². The van der Waals surface area contributed by atoms with Gasteiger partial charge in [0.15, 0.2) is 11.2 Å². The van der Waals surface area contributed by atoms with E-state index in [2.05, 4.69) is 14.9 Å². The molecule has 3 aliphatic heterocycles. The molecule has 7 rings (SSSR count). The average Bonchev–Trinajstić information content (AvgIpc) is 3.62. The van der Waals surface area contributed by atoms with E-state index in [1.165, 1.54) is 6.33 Å². The lowest BCUT2D eigenvalue weighted by molar-refractivity contribution is -0.130. The molecular weight excluding hydrogens is 582 g/mol. The van der Waals surface area contributed by atoms with Crippen molar-refractivity contribution in [2.75, 3.05) is 51.0 Å². The van der Waals surface area contributed by atoms with Crippen molar-refractivity contribution in [1.29, 1.82) is 0 Å². The predicted octanol–water partition coefficient (Wildman–Crippen LogP) is 3.11. The Bertz CT molecular complexity index is 1810. The van der Waals surface area contributed by atoms with E-state index in [4.69, 9.17) is 21.3 Å². The molecular formula is C34H41N9O3. The minimum atomic E-state index is -1.10. The summed E-state index contributed by atoms with van der Waals surface area (Å²) in [5.74, 6) is 0.623. The SMILES string of the molecule is COc1cc(-c2nn(C3CCN(C4CCN(C(C)=O)CC4)CC3)c3ncnc(N)c23)ccc1C1(C(N)=O)Cc2ccccc2N1C. The molecule has 0 saturated carbocycles. The summed E-state index contributed by atoms with van der Waals surface area (Å²) in [6, 6.07) is 14.4. The molecule has 46 heavy (non-hydrogen) atoms. The summed E-state index contributed by atoms with van der Waals surface area (Å²) in [6.07, 6.45) is 5.83. The van der Waals surface area contributed by atoms with Crippen LogP contribution in [0.3, 0.4) is 0 Å². The second-order valence-corrected chi connectivity index (χ2v) is 12.8. The van der Waals surface area contributed by atoms with Gasteiger partial charge in [0, 0.05) is 69.4 Å². The van der Waals surface area contributed by atoms with Crippen molar-refractivity contribution < 1.29 is 14.3 Å². The zero-order valence-corrected chi connectivity index (χ0v) is 26.6. The monoisotopic (exact) mass is 623 g/mol. The van der Waals surface area contributed by atoms with Crippen LogP contribution in [0.1, 0.15) is 49.8 Å². The van der Waals surface area contributed by atoms with Gasteiger partial charge in [0.1, 0.15) is 23.6 Å². The van der Waals surface area contributed by atoms with E-state index >= 15 is 0 Å². The first-order valence-corrected chi connectivity index (χ1v) is 16.0. The summed E-state index contributed by atoms with van der Waals surface area (Å²) in [6.45, 7) is 5.23. The first kappa shape index (κ1) is 30.0. The number of methoxy groups -OCH3 is 1. The number of anilines is 2. The van der Waals surface area contributed by atoms with Crippen molar-refractivity contribution >= 4 is 34.4 Å². The molecule has 2 amide bonds. The first-order valence-electron chi connectivity index (χ1n) is 16.0. The molecule has 2 saturated heterocycles. The minimum absolute atomic E-state index is 0.157. The number of nitrogens with zero attached hydrogens (tertiary/aromatic N) is 7. The van der Waals surface area contributed by atoms with Crippen LogP contribution in [0.4, 0.5) is 11.5 Å². The van der Waals surface area contributed by atoms with Crippen LogP contribution in [0.25, 0.3) is 22.3 Å². The Hall–Kier alpha value is -4.71. The summed E-state index contributed by atoms with van der Waals surface area (Å²) in [5, 5.41) is 5.83. The number of piperidine rings is 2. The Morgan fingerprint density at radius 2 is 1.70 bits per heavy atom. The number of para-hydroxylation sites is 1. The van der Waals surface area contributed by atoms with Crippen molar-refractivity contribution in [3.63, 3.8) is 0 Å². The van der Waals surface area contributed by atoms with E-state index in [-0.39, 0.29) is 11.9 Å². The molecule has 3 aliphatic rings. The first-order chi connectivity index (χ1) is 22.2. The van der Waals surface area contributed by atoms with Gasteiger partial charge in [-0.1, -0.05) is 30.3 Å². The number of amides is 2. The normalized spacial score (nSPS) is 21.1. The molecule has 4 aromatic rings. The van der Waals surface area contributed by atoms with Gasteiger partial charge in [-0.05, 0) is 43.4 Å². The Kier molecular flexibility index (Phi) is 7.54. The minimum Gasteiger partial charge on any atom is -0.496 e. The summed E-state index contributed by atoms with van der Waals surface area (Å²) in [7, 11) is 3.50. The molecule has 0 aliphatic carbocycles. The molecule has 4 N–H and O–H groups in total. The van der Waals surface area contributed by atoms with Gasteiger partial charge in [-0.2, -0.15) is 5.10 Å². The number of carbonyl (C=O) groups excluding carboxylic acids is 2. The number of primary amides is 1. The molecule has 12 heteroatoms. The number of nitrogens with two attached hydrogens (primary N) is 2. The van der Waals surface area contributed by atoms with Crippen LogP contribution in [-0.4, -0.2) is 87.7 Å². The molecule has 1 atom stereocenters. The van der Waals surface area contributed by atoms with Crippen LogP contribution < -0.4 is 21.1 Å². The number of likely N-dealkylation sites (N-methyl/N-ethyl adjacent to an activating group) is 1. The van der Waals surface area contributed by atoms with E-state index in [1.807, 2.05) is 64.0 Å². The van der Waals surface area contributed by atoms with Gasteiger partial charge in [-0.15, -0.1) is 0 Å². The Balaban J connectivity index is 1.20. The van der Waals surface area contributed by atoms with Crippen LogP contribution in [-0.2, 0) is 21.5 Å². The summed E-state index contributed by atoms with van der Waals surface area (Å²) >= 11 is 0. The number of hydrogen-bond acceptors (Lipinski definition) is 9. The predicted molar refractivity (Wildman–Crippen MR) is 176 cm³/mol. The van der Waals surface area contributed by atoms with Crippen molar-refractivity contribution in [2.45, 2.75) is 56.7 Å². The number of rotatable bonds is 6. The third-order valence-electron chi connectivity index (χ3n) is 10.5. The fourth-order valence-electron chi connectivity index (χ4n) is 7.92. The third kappa shape index (κ3) is 4.74. The lowest BCUT2D eigenvalue weighted by Gasteiger charge is -2.41. The maximum Gasteiger partial charge on any atom is 0.248 e. The highest BCUT2D eigenvalue weighted by molar-refractivity contribution is 5.99.